The molecule has 6 nitrogen and oxygen atoms in total. The molecule has 7 heteroatoms. The van der Waals surface area contributed by atoms with Crippen molar-refractivity contribution >= 4 is 33.6 Å². The third kappa shape index (κ3) is 2.51. The quantitative estimate of drug-likeness (QED) is 0.830. The van der Waals surface area contributed by atoms with Gasteiger partial charge in [0, 0.05) is 5.41 Å². The number of nitrogens with one attached hydrogen (secondary N) is 1. The average molecular weight is 368 g/mol. The number of methoxy groups -OCH3 is 1. The first kappa shape index (κ1) is 15.4. The number of fused-ring (bicyclic) bond motifs is 3. The molecule has 1 N–H and O–H groups in total. The van der Waals surface area contributed by atoms with Crippen LogP contribution in [0.2, 0.25) is 0 Å². The van der Waals surface area contributed by atoms with Crippen molar-refractivity contribution in [1.82, 2.24) is 10.2 Å². The van der Waals surface area contributed by atoms with Gasteiger partial charge in [-0.05, 0) is 66.6 Å². The minimum absolute atomic E-state index is 0.0118. The Hall–Kier alpha value is -1.50. The molecule has 0 saturated heterocycles. The van der Waals surface area contributed by atoms with Gasteiger partial charge in [-0.1, -0.05) is 0 Å². The van der Waals surface area contributed by atoms with E-state index < -0.39 is 0 Å². The molecule has 118 valence electrons. The summed E-state index contributed by atoms with van der Waals surface area (Å²) < 4.78 is 5.57. The number of aromatic nitrogens is 2. The van der Waals surface area contributed by atoms with Crippen molar-refractivity contribution in [2.24, 2.45) is 10.8 Å². The monoisotopic (exact) mass is 367 g/mol. The van der Waals surface area contributed by atoms with Crippen molar-refractivity contribution in [3.05, 3.63) is 16.7 Å². The summed E-state index contributed by atoms with van der Waals surface area (Å²) in [5.74, 6) is 0.320. The number of carbonyl (C=O) groups excluding carboxylic acids is 2. The second kappa shape index (κ2) is 5.61. The fourth-order valence-corrected chi connectivity index (χ4v) is 3.89. The fourth-order valence-electron chi connectivity index (χ4n) is 3.68. The van der Waals surface area contributed by atoms with Gasteiger partial charge in [-0.15, -0.1) is 10.2 Å². The normalized spacial score (nSPS) is 29.9. The Balaban J connectivity index is 1.70. The molecule has 0 aromatic carbocycles. The summed E-state index contributed by atoms with van der Waals surface area (Å²) in [6.45, 7) is 0. The molecule has 0 spiro atoms. The summed E-state index contributed by atoms with van der Waals surface area (Å²) in [5, 5.41) is 10.7. The van der Waals surface area contributed by atoms with Crippen molar-refractivity contribution in [2.45, 2.75) is 38.5 Å². The molecule has 4 rings (SSSR count). The maximum absolute atomic E-state index is 12.7. The fraction of sp³-hybridized carbons (Fsp3) is 0.600. The van der Waals surface area contributed by atoms with Crippen LogP contribution in [0.4, 0.5) is 5.82 Å². The number of carbonyl (C=O) groups is 2. The van der Waals surface area contributed by atoms with Crippen LogP contribution in [0.25, 0.3) is 0 Å². The van der Waals surface area contributed by atoms with Crippen LogP contribution in [-0.4, -0.2) is 29.2 Å². The van der Waals surface area contributed by atoms with E-state index in [0.717, 1.165) is 38.5 Å². The first-order valence-corrected chi connectivity index (χ1v) is 8.18. The standard InChI is InChI=1S/C15H18BrN3O3/c1-22-13(21)15-7-4-14(5-8-15,6-9-15)12(20)17-11-3-2-10(16)18-19-11/h2-3H,4-9H2,1H3,(H,17,19,20). The second-order valence-electron chi connectivity index (χ2n) is 6.25. The molecule has 22 heavy (non-hydrogen) atoms. The van der Waals surface area contributed by atoms with Crippen LogP contribution in [-0.2, 0) is 14.3 Å². The topological polar surface area (TPSA) is 81.2 Å². The van der Waals surface area contributed by atoms with Crippen molar-refractivity contribution in [3.8, 4) is 0 Å². The van der Waals surface area contributed by atoms with Crippen LogP contribution in [0, 0.1) is 10.8 Å². The molecule has 3 aliphatic carbocycles. The summed E-state index contributed by atoms with van der Waals surface area (Å²) >= 11 is 3.22. The van der Waals surface area contributed by atoms with E-state index in [1.807, 2.05) is 0 Å². The molecule has 2 bridgehead atoms. The zero-order chi connectivity index (χ0) is 15.8. The SMILES string of the molecule is COC(=O)C12CCC(C(=O)Nc3ccc(Br)nn3)(CC1)CC2. The van der Waals surface area contributed by atoms with Gasteiger partial charge in [-0.2, -0.15) is 0 Å². The first-order chi connectivity index (χ1) is 10.5. The highest BCUT2D eigenvalue weighted by molar-refractivity contribution is 9.10. The van der Waals surface area contributed by atoms with E-state index in [1.54, 1.807) is 12.1 Å². The van der Waals surface area contributed by atoms with Gasteiger partial charge in [0.1, 0.15) is 4.60 Å². The van der Waals surface area contributed by atoms with Crippen LogP contribution in [0.5, 0.6) is 0 Å². The molecule has 1 amide bonds. The molecular weight excluding hydrogens is 350 g/mol. The van der Waals surface area contributed by atoms with Gasteiger partial charge in [0.05, 0.1) is 12.5 Å². The number of hydrogen-bond donors (Lipinski definition) is 1. The van der Waals surface area contributed by atoms with E-state index in [1.165, 1.54) is 7.11 Å². The maximum atomic E-state index is 12.7. The molecule has 1 aromatic heterocycles. The van der Waals surface area contributed by atoms with Crippen molar-refractivity contribution < 1.29 is 14.3 Å². The first-order valence-electron chi connectivity index (χ1n) is 7.39. The minimum Gasteiger partial charge on any atom is -0.469 e. The Labute approximate surface area is 137 Å². The largest absolute Gasteiger partial charge is 0.469 e. The van der Waals surface area contributed by atoms with E-state index in [9.17, 15) is 9.59 Å². The summed E-state index contributed by atoms with van der Waals surface area (Å²) in [5.41, 5.74) is -0.751. The highest BCUT2D eigenvalue weighted by Gasteiger charge is 2.56. The highest BCUT2D eigenvalue weighted by atomic mass is 79.9. The lowest BCUT2D eigenvalue weighted by Crippen LogP contribution is -2.51. The smallest absolute Gasteiger partial charge is 0.311 e. The molecule has 0 radical (unpaired) electrons. The Morgan fingerprint density at radius 2 is 1.68 bits per heavy atom. The van der Waals surface area contributed by atoms with E-state index in [4.69, 9.17) is 4.74 Å². The van der Waals surface area contributed by atoms with Gasteiger partial charge >= 0.3 is 5.97 Å². The predicted molar refractivity (Wildman–Crippen MR) is 82.9 cm³/mol. The number of halogens is 1. The third-order valence-electron chi connectivity index (χ3n) is 5.22. The van der Waals surface area contributed by atoms with Gasteiger partial charge in [-0.25, -0.2) is 0 Å². The van der Waals surface area contributed by atoms with Crippen LogP contribution in [0.3, 0.4) is 0 Å². The Morgan fingerprint density at radius 1 is 1.09 bits per heavy atom. The van der Waals surface area contributed by atoms with E-state index >= 15 is 0 Å². The van der Waals surface area contributed by atoms with Gasteiger partial charge in [0.15, 0.2) is 5.82 Å². The highest BCUT2D eigenvalue weighted by Crippen LogP contribution is 2.57. The summed E-state index contributed by atoms with van der Waals surface area (Å²) in [6.07, 6.45) is 4.32. The van der Waals surface area contributed by atoms with E-state index in [2.05, 4.69) is 31.4 Å². The maximum Gasteiger partial charge on any atom is 0.311 e. The third-order valence-corrected chi connectivity index (χ3v) is 5.64. The lowest BCUT2D eigenvalue weighted by molar-refractivity contribution is -0.165. The van der Waals surface area contributed by atoms with Gasteiger partial charge in [-0.3, -0.25) is 9.59 Å². The number of esters is 1. The van der Waals surface area contributed by atoms with Crippen LogP contribution in [0.1, 0.15) is 38.5 Å². The van der Waals surface area contributed by atoms with Crippen molar-refractivity contribution in [3.63, 3.8) is 0 Å². The molecule has 3 saturated carbocycles. The Kier molecular flexibility index (Phi) is 3.92. The number of ether oxygens (including phenoxy) is 1. The number of rotatable bonds is 3. The number of nitrogens with zero attached hydrogens (tertiary/aromatic N) is 2. The zero-order valence-corrected chi connectivity index (χ0v) is 14.0. The van der Waals surface area contributed by atoms with Gasteiger partial charge < -0.3 is 10.1 Å². The minimum atomic E-state index is -0.384. The number of hydrogen-bond acceptors (Lipinski definition) is 5. The van der Waals surface area contributed by atoms with Crippen LogP contribution >= 0.6 is 15.9 Å². The van der Waals surface area contributed by atoms with Crippen molar-refractivity contribution in [2.75, 3.05) is 12.4 Å². The second-order valence-corrected chi connectivity index (χ2v) is 7.06. The Bertz CT molecular complexity index is 578. The summed E-state index contributed by atoms with van der Waals surface area (Å²) in [4.78, 5) is 24.7. The molecule has 1 heterocycles. The average Bonchev–Trinajstić information content (AvgIpc) is 2.57. The molecular formula is C15H18BrN3O3. The van der Waals surface area contributed by atoms with Crippen molar-refractivity contribution in [1.29, 1.82) is 0 Å². The molecule has 3 aliphatic rings. The molecule has 0 aliphatic heterocycles. The van der Waals surface area contributed by atoms with Gasteiger partial charge in [0.25, 0.3) is 0 Å². The molecule has 0 unspecified atom stereocenters. The van der Waals surface area contributed by atoms with E-state index in [0.29, 0.717) is 10.4 Å². The molecule has 0 atom stereocenters. The lowest BCUT2D eigenvalue weighted by Gasteiger charge is -2.50. The van der Waals surface area contributed by atoms with Gasteiger partial charge in [0.2, 0.25) is 5.91 Å². The van der Waals surface area contributed by atoms with E-state index in [-0.39, 0.29) is 22.7 Å². The Morgan fingerprint density at radius 3 is 2.18 bits per heavy atom. The summed E-state index contributed by atoms with van der Waals surface area (Å²) in [7, 11) is 1.44. The lowest BCUT2D eigenvalue weighted by atomic mass is 9.53. The van der Waals surface area contributed by atoms with Crippen LogP contribution in [0.15, 0.2) is 16.7 Å². The zero-order valence-electron chi connectivity index (χ0n) is 12.4. The molecule has 1 aromatic rings. The van der Waals surface area contributed by atoms with Crippen LogP contribution < -0.4 is 5.32 Å². The number of anilines is 1. The number of amides is 1. The molecule has 3 fully saturated rings. The summed E-state index contributed by atoms with van der Waals surface area (Å²) in [6, 6.07) is 3.46. The predicted octanol–water partition coefficient (Wildman–Crippen LogP) is 2.69.